The molecule has 0 radical (unpaired) electrons. The number of carbonyl (C=O) groups is 1. The lowest BCUT2D eigenvalue weighted by molar-refractivity contribution is -0.119. The second kappa shape index (κ2) is 7.91. The minimum Gasteiger partial charge on any atom is -0.352 e. The molecule has 5 heteroatoms. The Bertz CT molecular complexity index is 455. The van der Waals surface area contributed by atoms with Gasteiger partial charge >= 0.3 is 0 Å². The topological polar surface area (TPSA) is 41.1 Å². The van der Waals surface area contributed by atoms with Gasteiger partial charge in [0.2, 0.25) is 5.91 Å². The normalized spacial score (nSPS) is 22.5. The lowest BCUT2D eigenvalue weighted by atomic mass is 9.95. The molecule has 3 nitrogen and oxygen atoms in total. The van der Waals surface area contributed by atoms with Crippen molar-refractivity contribution in [3.05, 3.63) is 34.9 Å². The molecule has 110 valence electrons. The standard InChI is InChI=1S/C15H21ClN2OS/c1-11-8-17-6-5-14(11)18-15(19)10-20-9-12-3-2-4-13(16)7-12/h2-4,7,11,14,17H,5-6,8-10H2,1H3,(H,18,19). The van der Waals surface area contributed by atoms with Crippen LogP contribution >= 0.6 is 23.4 Å². The van der Waals surface area contributed by atoms with Crippen LogP contribution in [0.4, 0.5) is 0 Å². The number of nitrogens with one attached hydrogen (secondary N) is 2. The fourth-order valence-corrected chi connectivity index (χ4v) is 3.36. The molecule has 1 aliphatic heterocycles. The highest BCUT2D eigenvalue weighted by atomic mass is 35.5. The molecule has 1 aliphatic rings. The van der Waals surface area contributed by atoms with E-state index in [2.05, 4.69) is 17.6 Å². The highest BCUT2D eigenvalue weighted by Crippen LogP contribution is 2.17. The monoisotopic (exact) mass is 312 g/mol. The van der Waals surface area contributed by atoms with Crippen molar-refractivity contribution in [2.75, 3.05) is 18.8 Å². The zero-order chi connectivity index (χ0) is 14.4. The first-order valence-electron chi connectivity index (χ1n) is 6.97. The summed E-state index contributed by atoms with van der Waals surface area (Å²) >= 11 is 7.56. The molecule has 0 aromatic heterocycles. The molecule has 0 bridgehead atoms. The van der Waals surface area contributed by atoms with Gasteiger partial charge in [-0.05, 0) is 43.1 Å². The third-order valence-corrected chi connectivity index (χ3v) is 4.76. The minimum absolute atomic E-state index is 0.135. The summed E-state index contributed by atoms with van der Waals surface area (Å²) in [4.78, 5) is 11.9. The van der Waals surface area contributed by atoms with Crippen LogP contribution in [-0.2, 0) is 10.5 Å². The number of amides is 1. The Morgan fingerprint density at radius 3 is 3.15 bits per heavy atom. The van der Waals surface area contributed by atoms with Gasteiger partial charge in [0.1, 0.15) is 0 Å². The Morgan fingerprint density at radius 1 is 1.55 bits per heavy atom. The molecule has 0 saturated carbocycles. The van der Waals surface area contributed by atoms with Gasteiger partial charge < -0.3 is 10.6 Å². The van der Waals surface area contributed by atoms with Crippen LogP contribution in [0.1, 0.15) is 18.9 Å². The summed E-state index contributed by atoms with van der Waals surface area (Å²) in [6, 6.07) is 8.10. The van der Waals surface area contributed by atoms with Crippen molar-refractivity contribution in [2.45, 2.75) is 25.1 Å². The second-order valence-corrected chi connectivity index (χ2v) is 6.69. The number of thioether (sulfide) groups is 1. The summed E-state index contributed by atoms with van der Waals surface area (Å²) in [5.41, 5.74) is 1.16. The van der Waals surface area contributed by atoms with E-state index in [9.17, 15) is 4.79 Å². The predicted molar refractivity (Wildman–Crippen MR) is 86.2 cm³/mol. The molecule has 2 N–H and O–H groups in total. The summed E-state index contributed by atoms with van der Waals surface area (Å²) in [6.07, 6.45) is 1.02. The number of rotatable bonds is 5. The van der Waals surface area contributed by atoms with Gasteiger partial charge in [-0.15, -0.1) is 11.8 Å². The van der Waals surface area contributed by atoms with Gasteiger partial charge in [-0.2, -0.15) is 0 Å². The van der Waals surface area contributed by atoms with Gasteiger partial charge in [0.25, 0.3) is 0 Å². The Hall–Kier alpha value is -0.710. The third kappa shape index (κ3) is 5.00. The minimum atomic E-state index is 0.135. The van der Waals surface area contributed by atoms with Crippen molar-refractivity contribution in [1.82, 2.24) is 10.6 Å². The van der Waals surface area contributed by atoms with Crippen LogP contribution in [-0.4, -0.2) is 30.8 Å². The van der Waals surface area contributed by atoms with E-state index in [0.717, 1.165) is 35.8 Å². The average molecular weight is 313 g/mol. The van der Waals surface area contributed by atoms with E-state index in [0.29, 0.717) is 17.7 Å². The lowest BCUT2D eigenvalue weighted by Crippen LogP contribution is -2.48. The maximum absolute atomic E-state index is 11.9. The van der Waals surface area contributed by atoms with E-state index in [-0.39, 0.29) is 5.91 Å². The number of benzene rings is 1. The number of hydrogen-bond acceptors (Lipinski definition) is 3. The first kappa shape index (κ1) is 15.7. The molecule has 1 amide bonds. The molecule has 2 rings (SSSR count). The van der Waals surface area contributed by atoms with Crippen LogP contribution in [0, 0.1) is 5.92 Å². The van der Waals surface area contributed by atoms with Crippen LogP contribution in [0.5, 0.6) is 0 Å². The highest BCUT2D eigenvalue weighted by molar-refractivity contribution is 7.99. The van der Waals surface area contributed by atoms with E-state index in [1.807, 2.05) is 24.3 Å². The molecular formula is C15H21ClN2OS. The second-order valence-electron chi connectivity index (χ2n) is 5.27. The quantitative estimate of drug-likeness (QED) is 0.878. The molecule has 1 heterocycles. The molecule has 1 fully saturated rings. The van der Waals surface area contributed by atoms with Crippen LogP contribution in [0.15, 0.2) is 24.3 Å². The average Bonchev–Trinajstić information content (AvgIpc) is 2.41. The van der Waals surface area contributed by atoms with Gasteiger partial charge in [-0.1, -0.05) is 30.7 Å². The SMILES string of the molecule is CC1CNCCC1NC(=O)CSCc1cccc(Cl)c1. The first-order chi connectivity index (χ1) is 9.65. The van der Waals surface area contributed by atoms with Crippen molar-refractivity contribution in [3.63, 3.8) is 0 Å². The summed E-state index contributed by atoms with van der Waals surface area (Å²) in [7, 11) is 0. The predicted octanol–water partition coefficient (Wildman–Crippen LogP) is 2.69. The van der Waals surface area contributed by atoms with Crippen molar-refractivity contribution < 1.29 is 4.79 Å². The van der Waals surface area contributed by atoms with Crippen molar-refractivity contribution in [1.29, 1.82) is 0 Å². The van der Waals surface area contributed by atoms with Crippen molar-refractivity contribution in [3.8, 4) is 0 Å². The summed E-state index contributed by atoms with van der Waals surface area (Å²) in [5, 5.41) is 7.23. The van der Waals surface area contributed by atoms with Gasteiger partial charge in [0.15, 0.2) is 0 Å². The zero-order valence-corrected chi connectivity index (χ0v) is 13.3. The molecule has 20 heavy (non-hydrogen) atoms. The fourth-order valence-electron chi connectivity index (χ4n) is 2.37. The number of carbonyl (C=O) groups excluding carboxylic acids is 1. The van der Waals surface area contributed by atoms with E-state index in [4.69, 9.17) is 11.6 Å². The van der Waals surface area contributed by atoms with Gasteiger partial charge in [0.05, 0.1) is 5.75 Å². The summed E-state index contributed by atoms with van der Waals surface area (Å²) in [5.74, 6) is 1.96. The maximum atomic E-state index is 11.9. The van der Waals surface area contributed by atoms with Gasteiger partial charge in [0, 0.05) is 16.8 Å². The number of piperidine rings is 1. The van der Waals surface area contributed by atoms with Gasteiger partial charge in [-0.3, -0.25) is 4.79 Å². The molecule has 1 saturated heterocycles. The van der Waals surface area contributed by atoms with E-state index < -0.39 is 0 Å². The number of halogens is 1. The molecule has 1 aromatic rings. The fraction of sp³-hybridized carbons (Fsp3) is 0.533. The Morgan fingerprint density at radius 2 is 2.40 bits per heavy atom. The van der Waals surface area contributed by atoms with Gasteiger partial charge in [-0.25, -0.2) is 0 Å². The van der Waals surface area contributed by atoms with Crippen LogP contribution in [0.2, 0.25) is 5.02 Å². The maximum Gasteiger partial charge on any atom is 0.230 e. The molecule has 1 aromatic carbocycles. The third-order valence-electron chi connectivity index (χ3n) is 3.52. The summed E-state index contributed by atoms with van der Waals surface area (Å²) < 4.78 is 0. The first-order valence-corrected chi connectivity index (χ1v) is 8.50. The Labute approximate surface area is 129 Å². The lowest BCUT2D eigenvalue weighted by Gasteiger charge is -2.30. The molecule has 2 unspecified atom stereocenters. The Kier molecular flexibility index (Phi) is 6.20. The van der Waals surface area contributed by atoms with E-state index >= 15 is 0 Å². The largest absolute Gasteiger partial charge is 0.352 e. The molecule has 0 spiro atoms. The van der Waals surface area contributed by atoms with Crippen LogP contribution in [0.25, 0.3) is 0 Å². The van der Waals surface area contributed by atoms with Crippen molar-refractivity contribution in [2.24, 2.45) is 5.92 Å². The summed E-state index contributed by atoms with van der Waals surface area (Å²) in [6.45, 7) is 4.15. The van der Waals surface area contributed by atoms with Crippen molar-refractivity contribution >= 4 is 29.3 Å². The smallest absolute Gasteiger partial charge is 0.230 e. The zero-order valence-electron chi connectivity index (χ0n) is 11.7. The van der Waals surface area contributed by atoms with E-state index in [1.54, 1.807) is 11.8 Å². The van der Waals surface area contributed by atoms with Crippen LogP contribution in [0.3, 0.4) is 0 Å². The Balaban J connectivity index is 1.70. The van der Waals surface area contributed by atoms with Crippen LogP contribution < -0.4 is 10.6 Å². The highest BCUT2D eigenvalue weighted by Gasteiger charge is 2.22. The number of hydrogen-bond donors (Lipinski definition) is 2. The molecule has 2 atom stereocenters. The molecular weight excluding hydrogens is 292 g/mol. The van der Waals surface area contributed by atoms with E-state index in [1.165, 1.54) is 0 Å². The molecule has 0 aliphatic carbocycles.